The van der Waals surface area contributed by atoms with Gasteiger partial charge in [-0.3, -0.25) is 0 Å². The molecule has 0 radical (unpaired) electrons. The summed E-state index contributed by atoms with van der Waals surface area (Å²) in [6.07, 6.45) is 0. The van der Waals surface area contributed by atoms with E-state index in [2.05, 4.69) is 34.1 Å². The molecule has 1 atom stereocenters. The molecule has 1 heterocycles. The minimum atomic E-state index is -0.293. The van der Waals surface area contributed by atoms with Crippen LogP contribution in [0.25, 0.3) is 0 Å². The van der Waals surface area contributed by atoms with Crippen LogP contribution in [0.15, 0.2) is 30.4 Å². The number of benzene rings is 1. The van der Waals surface area contributed by atoms with Gasteiger partial charge in [0.1, 0.15) is 5.82 Å². The van der Waals surface area contributed by atoms with Crippen molar-refractivity contribution in [2.45, 2.75) is 19.9 Å². The zero-order valence-electron chi connectivity index (χ0n) is 14.7. The Morgan fingerprint density at radius 3 is 2.62 bits per heavy atom. The quantitative estimate of drug-likeness (QED) is 0.814. The lowest BCUT2D eigenvalue weighted by atomic mass is 10.0. The molecule has 6 heteroatoms. The van der Waals surface area contributed by atoms with Crippen LogP contribution in [0.2, 0.25) is 0 Å². The summed E-state index contributed by atoms with van der Waals surface area (Å²) >= 11 is 0. The molecule has 0 spiro atoms. The zero-order chi connectivity index (χ0) is 17.7. The molecule has 0 bridgehead atoms. The lowest BCUT2D eigenvalue weighted by Gasteiger charge is -2.36. The first-order valence-electron chi connectivity index (χ1n) is 8.28. The summed E-state index contributed by atoms with van der Waals surface area (Å²) in [5.41, 5.74) is 2.66. The molecule has 1 saturated heterocycles. The topological polar surface area (TPSA) is 47.6 Å². The van der Waals surface area contributed by atoms with Crippen LogP contribution in [0.3, 0.4) is 0 Å². The molecule has 1 aromatic rings. The van der Waals surface area contributed by atoms with Crippen molar-refractivity contribution in [2.75, 3.05) is 44.7 Å². The fraction of sp³-hybridized carbons (Fsp3) is 0.500. The predicted molar refractivity (Wildman–Crippen MR) is 95.9 cm³/mol. The summed E-state index contributed by atoms with van der Waals surface area (Å²) in [4.78, 5) is 16.5. The van der Waals surface area contributed by atoms with E-state index in [1.807, 2.05) is 13.8 Å². The number of anilines is 1. The van der Waals surface area contributed by atoms with Crippen molar-refractivity contribution >= 4 is 11.7 Å². The molecule has 2 amide bonds. The summed E-state index contributed by atoms with van der Waals surface area (Å²) in [5, 5.41) is 5.61. The van der Waals surface area contributed by atoms with Gasteiger partial charge in [-0.25, -0.2) is 9.18 Å². The molecule has 1 aliphatic heterocycles. The number of carbonyl (C=O) groups excluding carboxylic acids is 1. The number of halogens is 1. The van der Waals surface area contributed by atoms with Crippen molar-refractivity contribution in [3.05, 3.63) is 41.7 Å². The Bertz CT molecular complexity index is 597. The van der Waals surface area contributed by atoms with Gasteiger partial charge in [0.05, 0.1) is 6.04 Å². The fourth-order valence-corrected chi connectivity index (χ4v) is 2.76. The smallest absolute Gasteiger partial charge is 0.315 e. The summed E-state index contributed by atoms with van der Waals surface area (Å²) in [5.74, 6) is -0.293. The van der Waals surface area contributed by atoms with Crippen molar-refractivity contribution < 1.29 is 9.18 Å². The molecule has 5 nitrogen and oxygen atoms in total. The molecular weight excluding hydrogens is 307 g/mol. The summed E-state index contributed by atoms with van der Waals surface area (Å²) in [6.45, 7) is 11.6. The first kappa shape index (κ1) is 18.3. The highest BCUT2D eigenvalue weighted by Crippen LogP contribution is 2.28. The third-order valence-electron chi connectivity index (χ3n) is 4.20. The number of likely N-dealkylation sites (N-methyl/N-ethyl adjacent to an activating group) is 1. The molecule has 132 valence electrons. The van der Waals surface area contributed by atoms with Crippen molar-refractivity contribution in [1.82, 2.24) is 15.5 Å². The van der Waals surface area contributed by atoms with Crippen LogP contribution in [-0.4, -0.2) is 50.7 Å². The van der Waals surface area contributed by atoms with Crippen LogP contribution >= 0.6 is 0 Å². The van der Waals surface area contributed by atoms with Gasteiger partial charge in [-0.05, 0) is 39.1 Å². The number of nitrogens with zero attached hydrogens (tertiary/aromatic N) is 2. The van der Waals surface area contributed by atoms with Gasteiger partial charge in [-0.1, -0.05) is 12.2 Å². The maximum atomic E-state index is 13.8. The largest absolute Gasteiger partial charge is 0.369 e. The van der Waals surface area contributed by atoms with Crippen molar-refractivity contribution in [3.8, 4) is 0 Å². The van der Waals surface area contributed by atoms with Gasteiger partial charge < -0.3 is 20.4 Å². The van der Waals surface area contributed by atoms with Crippen LogP contribution in [-0.2, 0) is 0 Å². The van der Waals surface area contributed by atoms with E-state index in [9.17, 15) is 9.18 Å². The maximum absolute atomic E-state index is 13.8. The van der Waals surface area contributed by atoms with E-state index >= 15 is 0 Å². The second-order valence-corrected chi connectivity index (χ2v) is 6.50. The number of urea groups is 1. The van der Waals surface area contributed by atoms with Crippen LogP contribution in [0.1, 0.15) is 25.5 Å². The molecule has 0 unspecified atom stereocenters. The number of hydrogen-bond acceptors (Lipinski definition) is 3. The summed E-state index contributed by atoms with van der Waals surface area (Å²) in [7, 11) is 2.10. The van der Waals surface area contributed by atoms with E-state index in [1.165, 1.54) is 12.1 Å². The molecule has 2 N–H and O–H groups in total. The SMILES string of the molecule is C=C(C)CNC(=O)N[C@H](C)c1cc(F)ccc1N1CCN(C)CC1. The molecule has 2 rings (SSSR count). The lowest BCUT2D eigenvalue weighted by Crippen LogP contribution is -2.45. The van der Waals surface area contributed by atoms with Gasteiger partial charge in [-0.15, -0.1) is 0 Å². The second-order valence-electron chi connectivity index (χ2n) is 6.50. The van der Waals surface area contributed by atoms with E-state index in [0.717, 1.165) is 43.0 Å². The Labute approximate surface area is 143 Å². The Morgan fingerprint density at radius 1 is 1.33 bits per heavy atom. The molecule has 0 saturated carbocycles. The number of piperazine rings is 1. The van der Waals surface area contributed by atoms with Gasteiger partial charge in [-0.2, -0.15) is 0 Å². The molecule has 0 aliphatic carbocycles. The van der Waals surface area contributed by atoms with E-state index in [1.54, 1.807) is 6.07 Å². The number of amides is 2. The van der Waals surface area contributed by atoms with Crippen molar-refractivity contribution in [3.63, 3.8) is 0 Å². The van der Waals surface area contributed by atoms with Gasteiger partial charge in [0.25, 0.3) is 0 Å². The number of nitrogens with one attached hydrogen (secondary N) is 2. The van der Waals surface area contributed by atoms with E-state index in [-0.39, 0.29) is 17.9 Å². The number of rotatable bonds is 5. The monoisotopic (exact) mass is 334 g/mol. The predicted octanol–water partition coefficient (Wildman–Crippen LogP) is 2.51. The minimum absolute atomic E-state index is 0.279. The normalized spacial score (nSPS) is 16.6. The van der Waals surface area contributed by atoms with Gasteiger partial charge in [0, 0.05) is 44.0 Å². The number of hydrogen-bond donors (Lipinski definition) is 2. The van der Waals surface area contributed by atoms with Gasteiger partial charge in [0.15, 0.2) is 0 Å². The van der Waals surface area contributed by atoms with Crippen LogP contribution in [0.4, 0.5) is 14.9 Å². The highest BCUT2D eigenvalue weighted by Gasteiger charge is 2.21. The Morgan fingerprint density at radius 2 is 2.00 bits per heavy atom. The minimum Gasteiger partial charge on any atom is -0.369 e. The van der Waals surface area contributed by atoms with Crippen LogP contribution < -0.4 is 15.5 Å². The fourth-order valence-electron chi connectivity index (χ4n) is 2.76. The van der Waals surface area contributed by atoms with Gasteiger partial charge >= 0.3 is 6.03 Å². The Hall–Kier alpha value is -2.08. The zero-order valence-corrected chi connectivity index (χ0v) is 14.7. The molecular formula is C18H27FN4O. The first-order valence-corrected chi connectivity index (χ1v) is 8.28. The lowest BCUT2D eigenvalue weighted by molar-refractivity contribution is 0.238. The third kappa shape index (κ3) is 4.96. The first-order chi connectivity index (χ1) is 11.4. The Balaban J connectivity index is 2.11. The molecule has 1 aromatic carbocycles. The van der Waals surface area contributed by atoms with E-state index in [4.69, 9.17) is 0 Å². The van der Waals surface area contributed by atoms with Crippen molar-refractivity contribution in [1.29, 1.82) is 0 Å². The van der Waals surface area contributed by atoms with Gasteiger partial charge in [0.2, 0.25) is 0 Å². The Kier molecular flexibility index (Phi) is 6.20. The summed E-state index contributed by atoms with van der Waals surface area (Å²) in [6, 6.07) is 4.22. The third-order valence-corrected chi connectivity index (χ3v) is 4.20. The van der Waals surface area contributed by atoms with E-state index < -0.39 is 0 Å². The standard InChI is InChI=1S/C18H27FN4O/c1-13(2)12-20-18(24)21-14(3)16-11-15(19)5-6-17(16)23-9-7-22(4)8-10-23/h5-6,11,14H,1,7-10,12H2,2-4H3,(H2,20,21,24)/t14-/m1/s1. The maximum Gasteiger partial charge on any atom is 0.315 e. The number of carbonyl (C=O) groups is 1. The average molecular weight is 334 g/mol. The average Bonchev–Trinajstić information content (AvgIpc) is 2.54. The van der Waals surface area contributed by atoms with E-state index in [0.29, 0.717) is 6.54 Å². The molecule has 1 aliphatic rings. The highest BCUT2D eigenvalue weighted by molar-refractivity contribution is 5.75. The second kappa shape index (κ2) is 8.15. The van der Waals surface area contributed by atoms with Crippen molar-refractivity contribution in [2.24, 2.45) is 0 Å². The molecule has 24 heavy (non-hydrogen) atoms. The van der Waals surface area contributed by atoms with Crippen LogP contribution in [0, 0.1) is 5.82 Å². The molecule has 0 aromatic heterocycles. The molecule has 1 fully saturated rings. The van der Waals surface area contributed by atoms with Crippen LogP contribution in [0.5, 0.6) is 0 Å². The summed E-state index contributed by atoms with van der Waals surface area (Å²) < 4.78 is 13.8. The highest BCUT2D eigenvalue weighted by atomic mass is 19.1.